The van der Waals surface area contributed by atoms with E-state index < -0.39 is 12.0 Å². The van der Waals surface area contributed by atoms with Crippen LogP contribution >= 0.6 is 22.9 Å². The molecule has 36 heavy (non-hydrogen) atoms. The first-order valence-electron chi connectivity index (χ1n) is 11.1. The van der Waals surface area contributed by atoms with Gasteiger partial charge in [0.2, 0.25) is 5.75 Å². The highest BCUT2D eigenvalue weighted by molar-refractivity contribution is 7.07. The quantitative estimate of drug-likeness (QED) is 0.436. The lowest BCUT2D eigenvalue weighted by Crippen LogP contribution is -2.39. The maximum atomic E-state index is 13.7. The molecule has 188 valence electrons. The Balaban J connectivity index is 1.94. The molecule has 0 unspecified atom stereocenters. The number of benzene rings is 2. The summed E-state index contributed by atoms with van der Waals surface area (Å²) in [6, 6.07) is 9.83. The third-order valence-electron chi connectivity index (χ3n) is 5.69. The largest absolute Gasteiger partial charge is 0.493 e. The van der Waals surface area contributed by atoms with E-state index in [1.54, 1.807) is 56.3 Å². The summed E-state index contributed by atoms with van der Waals surface area (Å²) in [5, 5.41) is 0.548. The van der Waals surface area contributed by atoms with Crippen LogP contribution in [0.3, 0.4) is 0 Å². The molecule has 1 atom stereocenters. The number of halogens is 1. The van der Waals surface area contributed by atoms with Crippen LogP contribution in [0.2, 0.25) is 5.02 Å². The summed E-state index contributed by atoms with van der Waals surface area (Å²) in [7, 11) is 4.58. The highest BCUT2D eigenvalue weighted by Gasteiger charge is 2.33. The molecule has 1 aliphatic rings. The minimum absolute atomic E-state index is 0.203. The molecule has 10 heteroatoms. The number of fused-ring (bicyclic) bond motifs is 1. The Bertz CT molecular complexity index is 1500. The molecule has 0 bridgehead atoms. The summed E-state index contributed by atoms with van der Waals surface area (Å²) < 4.78 is 23.5. The summed E-state index contributed by atoms with van der Waals surface area (Å²) in [5.74, 6) is 0.874. The Morgan fingerprint density at radius 3 is 2.31 bits per heavy atom. The number of ether oxygens (including phenoxy) is 4. The van der Waals surface area contributed by atoms with Gasteiger partial charge >= 0.3 is 5.97 Å². The van der Waals surface area contributed by atoms with Gasteiger partial charge < -0.3 is 18.9 Å². The van der Waals surface area contributed by atoms with Crippen LogP contribution in [0.1, 0.15) is 31.0 Å². The Kier molecular flexibility index (Phi) is 7.51. The van der Waals surface area contributed by atoms with Crippen molar-refractivity contribution in [3.63, 3.8) is 0 Å². The van der Waals surface area contributed by atoms with Gasteiger partial charge in [-0.15, -0.1) is 0 Å². The standard InChI is InChI=1S/C26H25ClN2O6S/c1-6-35-25(31)21-14(2)28-26-29(22(21)16-7-9-17(27)10-8-16)24(30)20(36-26)13-15-11-18(32-3)23(34-5)19(12-15)33-4/h7-13,22H,6H2,1-5H3/b20-13+/t22-/m0/s1. The number of allylic oxidation sites excluding steroid dienone is 1. The molecule has 2 aromatic carbocycles. The first kappa shape index (κ1) is 25.5. The normalized spacial score (nSPS) is 15.3. The first-order chi connectivity index (χ1) is 17.3. The fourth-order valence-corrected chi connectivity index (χ4v) is 5.26. The number of thiazole rings is 1. The molecule has 0 fully saturated rings. The third-order valence-corrected chi connectivity index (χ3v) is 6.92. The summed E-state index contributed by atoms with van der Waals surface area (Å²) in [6.07, 6.45) is 1.73. The number of methoxy groups -OCH3 is 3. The van der Waals surface area contributed by atoms with E-state index in [0.29, 0.717) is 48.4 Å². The minimum atomic E-state index is -0.709. The van der Waals surface area contributed by atoms with Crippen LogP contribution in [0, 0.1) is 0 Å². The fraction of sp³-hybridized carbons (Fsp3) is 0.269. The van der Waals surface area contributed by atoms with Crippen molar-refractivity contribution < 1.29 is 23.7 Å². The lowest BCUT2D eigenvalue weighted by atomic mass is 9.96. The summed E-state index contributed by atoms with van der Waals surface area (Å²) >= 11 is 7.33. The lowest BCUT2D eigenvalue weighted by Gasteiger charge is -2.24. The van der Waals surface area contributed by atoms with Gasteiger partial charge in [-0.2, -0.15) is 0 Å². The van der Waals surface area contributed by atoms with Crippen LogP contribution in [0.4, 0.5) is 0 Å². The highest BCUT2D eigenvalue weighted by Crippen LogP contribution is 2.38. The van der Waals surface area contributed by atoms with E-state index in [0.717, 1.165) is 5.56 Å². The highest BCUT2D eigenvalue weighted by atomic mass is 35.5. The molecule has 1 aliphatic heterocycles. The minimum Gasteiger partial charge on any atom is -0.493 e. The van der Waals surface area contributed by atoms with Gasteiger partial charge in [-0.05, 0) is 55.3 Å². The fourth-order valence-electron chi connectivity index (χ4n) is 4.09. The molecule has 0 aliphatic carbocycles. The van der Waals surface area contributed by atoms with Crippen molar-refractivity contribution in [3.05, 3.63) is 83.5 Å². The Hall–Kier alpha value is -3.56. The molecule has 0 spiro atoms. The Morgan fingerprint density at radius 2 is 1.75 bits per heavy atom. The van der Waals surface area contributed by atoms with E-state index in [-0.39, 0.29) is 12.2 Å². The van der Waals surface area contributed by atoms with E-state index in [9.17, 15) is 9.59 Å². The summed E-state index contributed by atoms with van der Waals surface area (Å²) in [6.45, 7) is 3.68. The van der Waals surface area contributed by atoms with E-state index in [1.165, 1.54) is 37.2 Å². The molecular weight excluding hydrogens is 504 g/mol. The zero-order chi connectivity index (χ0) is 26.0. The van der Waals surface area contributed by atoms with Crippen LogP contribution in [0.5, 0.6) is 17.2 Å². The second kappa shape index (κ2) is 10.6. The maximum Gasteiger partial charge on any atom is 0.338 e. The molecule has 0 radical (unpaired) electrons. The maximum absolute atomic E-state index is 13.7. The van der Waals surface area contributed by atoms with Crippen LogP contribution < -0.4 is 29.1 Å². The Labute approximate surface area is 216 Å². The number of rotatable bonds is 7. The van der Waals surface area contributed by atoms with Crippen molar-refractivity contribution >= 4 is 35.0 Å². The second-order valence-electron chi connectivity index (χ2n) is 7.81. The van der Waals surface area contributed by atoms with Crippen molar-refractivity contribution in [2.24, 2.45) is 4.99 Å². The molecular formula is C26H25ClN2O6S. The predicted molar refractivity (Wildman–Crippen MR) is 138 cm³/mol. The number of carbonyl (C=O) groups excluding carboxylic acids is 1. The molecule has 0 N–H and O–H groups in total. The van der Waals surface area contributed by atoms with Crippen molar-refractivity contribution in [2.75, 3.05) is 27.9 Å². The van der Waals surface area contributed by atoms with Crippen LogP contribution in [0.25, 0.3) is 6.08 Å². The number of esters is 1. The third kappa shape index (κ3) is 4.64. The van der Waals surface area contributed by atoms with Gasteiger partial charge in [-0.1, -0.05) is 35.1 Å². The summed E-state index contributed by atoms with van der Waals surface area (Å²) in [5.41, 5.74) is 1.91. The van der Waals surface area contributed by atoms with Crippen molar-refractivity contribution in [3.8, 4) is 17.2 Å². The van der Waals surface area contributed by atoms with Gasteiger partial charge in [-0.3, -0.25) is 9.36 Å². The zero-order valence-electron chi connectivity index (χ0n) is 20.5. The van der Waals surface area contributed by atoms with Crippen molar-refractivity contribution in [2.45, 2.75) is 19.9 Å². The van der Waals surface area contributed by atoms with E-state index >= 15 is 0 Å². The number of hydrogen-bond acceptors (Lipinski definition) is 8. The Morgan fingerprint density at radius 1 is 1.11 bits per heavy atom. The average molecular weight is 529 g/mol. The van der Waals surface area contributed by atoms with Crippen LogP contribution in [-0.4, -0.2) is 38.5 Å². The van der Waals surface area contributed by atoms with Gasteiger partial charge in [0.1, 0.15) is 0 Å². The van der Waals surface area contributed by atoms with E-state index in [4.69, 9.17) is 30.5 Å². The second-order valence-corrected chi connectivity index (χ2v) is 9.26. The molecule has 0 saturated carbocycles. The van der Waals surface area contributed by atoms with Crippen molar-refractivity contribution in [1.82, 2.24) is 4.57 Å². The van der Waals surface area contributed by atoms with Gasteiger partial charge in [0, 0.05) is 5.02 Å². The average Bonchev–Trinajstić information content (AvgIpc) is 3.17. The SMILES string of the molecule is CCOC(=O)C1=C(C)N=c2s/c(=C/c3cc(OC)c(OC)c(OC)c3)c(=O)n2[C@H]1c1ccc(Cl)cc1. The number of carbonyl (C=O) groups is 1. The monoisotopic (exact) mass is 528 g/mol. The first-order valence-corrected chi connectivity index (χ1v) is 12.3. The van der Waals surface area contributed by atoms with Gasteiger partial charge in [0.25, 0.3) is 5.56 Å². The molecule has 2 heterocycles. The van der Waals surface area contributed by atoms with E-state index in [1.807, 2.05) is 0 Å². The van der Waals surface area contributed by atoms with Gasteiger partial charge in [0.05, 0.1) is 49.8 Å². The lowest BCUT2D eigenvalue weighted by molar-refractivity contribution is -0.139. The van der Waals surface area contributed by atoms with Crippen molar-refractivity contribution in [1.29, 1.82) is 0 Å². The van der Waals surface area contributed by atoms with Gasteiger partial charge in [0.15, 0.2) is 16.3 Å². The summed E-state index contributed by atoms with van der Waals surface area (Å²) in [4.78, 5) is 31.7. The number of aromatic nitrogens is 1. The van der Waals surface area contributed by atoms with Crippen LogP contribution in [-0.2, 0) is 9.53 Å². The molecule has 1 aromatic heterocycles. The molecule has 8 nitrogen and oxygen atoms in total. The molecule has 0 amide bonds. The predicted octanol–water partition coefficient (Wildman–Crippen LogP) is 3.48. The number of nitrogens with zero attached hydrogens (tertiary/aromatic N) is 2. The molecule has 4 rings (SSSR count). The van der Waals surface area contributed by atoms with Crippen LogP contribution in [0.15, 0.2) is 57.5 Å². The molecule has 0 saturated heterocycles. The number of hydrogen-bond donors (Lipinski definition) is 0. The topological polar surface area (TPSA) is 88.4 Å². The zero-order valence-corrected chi connectivity index (χ0v) is 22.0. The van der Waals surface area contributed by atoms with Gasteiger partial charge in [-0.25, -0.2) is 9.79 Å². The molecule has 3 aromatic rings. The van der Waals surface area contributed by atoms with E-state index in [2.05, 4.69) is 4.99 Å². The smallest absolute Gasteiger partial charge is 0.338 e.